The maximum Gasteiger partial charge on any atom is 0.261 e. The fraction of sp³-hybridized carbons (Fsp3) is 0.286. The lowest BCUT2D eigenvalue weighted by atomic mass is 10.2. The van der Waals surface area contributed by atoms with Gasteiger partial charge in [-0.3, -0.25) is 9.36 Å². The molecule has 4 nitrogen and oxygen atoms in total. The zero-order chi connectivity index (χ0) is 13.6. The van der Waals surface area contributed by atoms with Crippen molar-refractivity contribution in [2.75, 3.05) is 0 Å². The van der Waals surface area contributed by atoms with Gasteiger partial charge in [-0.25, -0.2) is 4.52 Å². The van der Waals surface area contributed by atoms with Gasteiger partial charge in [0.2, 0.25) is 0 Å². The number of fused-ring (bicyclic) bond motifs is 3. The van der Waals surface area contributed by atoms with Crippen molar-refractivity contribution in [3.05, 3.63) is 44.8 Å². The molecule has 2 aromatic heterocycles. The molecule has 1 aromatic carbocycles. The van der Waals surface area contributed by atoms with Gasteiger partial charge in [-0.1, -0.05) is 29.3 Å². The van der Waals surface area contributed by atoms with Crippen LogP contribution >= 0.6 is 15.9 Å². The molecule has 0 unspecified atom stereocenters. The average Bonchev–Trinajstić information content (AvgIpc) is 2.80. The van der Waals surface area contributed by atoms with Crippen LogP contribution in [-0.2, 0) is 13.5 Å². The van der Waals surface area contributed by atoms with Crippen molar-refractivity contribution in [1.82, 2.24) is 14.2 Å². The van der Waals surface area contributed by atoms with Crippen LogP contribution in [0.2, 0.25) is 0 Å². The predicted molar refractivity (Wildman–Crippen MR) is 79.6 cm³/mol. The average molecular weight is 320 g/mol. The van der Waals surface area contributed by atoms with Crippen LogP contribution in [0, 0.1) is 0 Å². The smallest absolute Gasteiger partial charge is 0.261 e. The first-order valence-corrected chi connectivity index (χ1v) is 7.08. The Kier molecular flexibility index (Phi) is 2.93. The summed E-state index contributed by atoms with van der Waals surface area (Å²) in [6.07, 6.45) is 1.96. The summed E-state index contributed by atoms with van der Waals surface area (Å²) in [5.74, 6) is 0. The van der Waals surface area contributed by atoms with Crippen molar-refractivity contribution in [1.29, 1.82) is 0 Å². The van der Waals surface area contributed by atoms with Crippen molar-refractivity contribution in [2.45, 2.75) is 19.8 Å². The van der Waals surface area contributed by atoms with Gasteiger partial charge in [0.05, 0.1) is 16.6 Å². The summed E-state index contributed by atoms with van der Waals surface area (Å²) in [6.45, 7) is 2.12. The van der Waals surface area contributed by atoms with Crippen molar-refractivity contribution < 1.29 is 0 Å². The minimum atomic E-state index is 0.0120. The molecule has 0 saturated carbocycles. The Hall–Kier alpha value is -1.62. The van der Waals surface area contributed by atoms with Gasteiger partial charge >= 0.3 is 0 Å². The zero-order valence-corrected chi connectivity index (χ0v) is 12.4. The Bertz CT molecular complexity index is 832. The van der Waals surface area contributed by atoms with Crippen molar-refractivity contribution in [3.8, 4) is 0 Å². The molecule has 0 aliphatic carbocycles. The van der Waals surface area contributed by atoms with Gasteiger partial charge in [0.1, 0.15) is 5.65 Å². The number of halogens is 1. The Morgan fingerprint density at radius 1 is 1.32 bits per heavy atom. The minimum Gasteiger partial charge on any atom is -0.296 e. The van der Waals surface area contributed by atoms with Gasteiger partial charge in [-0.05, 0) is 24.6 Å². The molecule has 0 spiro atoms. The van der Waals surface area contributed by atoms with Crippen LogP contribution in [0.4, 0.5) is 0 Å². The molecule has 98 valence electrons. The number of aromatic nitrogens is 3. The first-order chi connectivity index (χ1) is 9.11. The van der Waals surface area contributed by atoms with Crippen LogP contribution < -0.4 is 5.56 Å². The molecule has 3 aromatic rings. The van der Waals surface area contributed by atoms with Crippen LogP contribution in [0.25, 0.3) is 16.6 Å². The van der Waals surface area contributed by atoms with Crippen molar-refractivity contribution in [2.24, 2.45) is 7.05 Å². The molecule has 19 heavy (non-hydrogen) atoms. The highest BCUT2D eigenvalue weighted by Crippen LogP contribution is 2.19. The van der Waals surface area contributed by atoms with Crippen molar-refractivity contribution >= 4 is 32.5 Å². The van der Waals surface area contributed by atoms with E-state index in [1.807, 2.05) is 28.8 Å². The van der Waals surface area contributed by atoms with Gasteiger partial charge in [0.15, 0.2) is 0 Å². The van der Waals surface area contributed by atoms with Gasteiger partial charge in [0.25, 0.3) is 5.56 Å². The van der Waals surface area contributed by atoms with E-state index in [9.17, 15) is 4.79 Å². The molecule has 0 aliphatic rings. The van der Waals surface area contributed by atoms with E-state index in [0.717, 1.165) is 34.2 Å². The van der Waals surface area contributed by atoms with E-state index in [0.29, 0.717) is 5.39 Å². The van der Waals surface area contributed by atoms with E-state index in [1.165, 1.54) is 0 Å². The first-order valence-electron chi connectivity index (χ1n) is 6.28. The van der Waals surface area contributed by atoms with Crippen LogP contribution in [0.1, 0.15) is 19.0 Å². The summed E-state index contributed by atoms with van der Waals surface area (Å²) in [5, 5.41) is 5.29. The highest BCUT2D eigenvalue weighted by atomic mass is 79.9. The van der Waals surface area contributed by atoms with Gasteiger partial charge in [-0.2, -0.15) is 5.10 Å². The molecule has 5 heteroatoms. The molecule has 0 bridgehead atoms. The summed E-state index contributed by atoms with van der Waals surface area (Å²) >= 11 is 3.45. The van der Waals surface area contributed by atoms with Crippen LogP contribution in [-0.4, -0.2) is 14.2 Å². The third-order valence-corrected chi connectivity index (χ3v) is 3.81. The lowest BCUT2D eigenvalue weighted by molar-refractivity contribution is 0.821. The van der Waals surface area contributed by atoms with Crippen LogP contribution in [0.15, 0.2) is 33.5 Å². The molecule has 2 heterocycles. The number of rotatable bonds is 2. The molecule has 0 N–H and O–H groups in total. The van der Waals surface area contributed by atoms with Gasteiger partial charge in [0, 0.05) is 17.6 Å². The topological polar surface area (TPSA) is 39.3 Å². The number of hydrogen-bond acceptors (Lipinski definition) is 2. The Morgan fingerprint density at radius 2 is 2.11 bits per heavy atom. The Balaban J connectivity index is 2.49. The second kappa shape index (κ2) is 4.49. The third kappa shape index (κ3) is 1.89. The van der Waals surface area contributed by atoms with Crippen LogP contribution in [0.3, 0.4) is 0 Å². The molecule has 0 fully saturated rings. The number of hydrogen-bond donors (Lipinski definition) is 0. The zero-order valence-electron chi connectivity index (χ0n) is 10.9. The van der Waals surface area contributed by atoms with E-state index in [4.69, 9.17) is 0 Å². The van der Waals surface area contributed by atoms with E-state index >= 15 is 0 Å². The van der Waals surface area contributed by atoms with Gasteiger partial charge in [-0.15, -0.1) is 0 Å². The molecular weight excluding hydrogens is 306 g/mol. The maximum atomic E-state index is 12.3. The lowest BCUT2D eigenvalue weighted by Gasteiger charge is -2.06. The van der Waals surface area contributed by atoms with E-state index in [2.05, 4.69) is 28.0 Å². The SMILES string of the molecule is CCCc1cc2n(C)c(=O)c3ccc(Br)cc3n2n1. The van der Waals surface area contributed by atoms with Gasteiger partial charge < -0.3 is 0 Å². The summed E-state index contributed by atoms with van der Waals surface area (Å²) in [6, 6.07) is 7.64. The fourth-order valence-corrected chi connectivity index (χ4v) is 2.71. The normalized spacial score (nSPS) is 11.5. The Labute approximate surface area is 118 Å². The lowest BCUT2D eigenvalue weighted by Crippen LogP contribution is -2.19. The quantitative estimate of drug-likeness (QED) is 0.728. The maximum absolute atomic E-state index is 12.3. The molecule has 0 saturated heterocycles. The number of benzene rings is 1. The molecule has 3 rings (SSSR count). The largest absolute Gasteiger partial charge is 0.296 e. The summed E-state index contributed by atoms with van der Waals surface area (Å²) < 4.78 is 4.46. The molecule has 0 amide bonds. The highest BCUT2D eigenvalue weighted by Gasteiger charge is 2.11. The van der Waals surface area contributed by atoms with E-state index < -0.39 is 0 Å². The molecule has 0 aliphatic heterocycles. The number of aryl methyl sites for hydroxylation is 2. The summed E-state index contributed by atoms with van der Waals surface area (Å²) in [7, 11) is 1.79. The molecule has 0 atom stereocenters. The molecule has 0 radical (unpaired) electrons. The third-order valence-electron chi connectivity index (χ3n) is 3.31. The van der Waals surface area contributed by atoms with Crippen molar-refractivity contribution in [3.63, 3.8) is 0 Å². The molecular formula is C14H14BrN3O. The second-order valence-electron chi connectivity index (χ2n) is 4.68. The predicted octanol–water partition coefficient (Wildman–Crippen LogP) is 2.90. The number of nitrogens with zero attached hydrogens (tertiary/aromatic N) is 3. The Morgan fingerprint density at radius 3 is 2.84 bits per heavy atom. The monoisotopic (exact) mass is 319 g/mol. The second-order valence-corrected chi connectivity index (χ2v) is 5.60. The first kappa shape index (κ1) is 12.4. The minimum absolute atomic E-state index is 0.0120. The van der Waals surface area contributed by atoms with E-state index in [1.54, 1.807) is 11.6 Å². The van der Waals surface area contributed by atoms with E-state index in [-0.39, 0.29) is 5.56 Å². The van der Waals surface area contributed by atoms with Crippen LogP contribution in [0.5, 0.6) is 0 Å². The summed E-state index contributed by atoms with van der Waals surface area (Å²) in [5.41, 5.74) is 2.71. The standard InChI is InChI=1S/C14H14BrN3O/c1-3-4-10-8-13-17(2)14(19)11-6-5-9(15)7-12(11)18(13)16-10/h5-8H,3-4H2,1-2H3. The fourth-order valence-electron chi connectivity index (χ4n) is 2.36. The highest BCUT2D eigenvalue weighted by molar-refractivity contribution is 9.10. The summed E-state index contributed by atoms with van der Waals surface area (Å²) in [4.78, 5) is 12.3.